The van der Waals surface area contributed by atoms with Crippen LogP contribution in [0.1, 0.15) is 38.1 Å². The van der Waals surface area contributed by atoms with Gasteiger partial charge in [0.05, 0.1) is 0 Å². The molecule has 0 bridgehead atoms. The molecule has 0 fully saturated rings. The van der Waals surface area contributed by atoms with Crippen LogP contribution in [0.25, 0.3) is 11.5 Å². The predicted molar refractivity (Wildman–Crippen MR) is 68.0 cm³/mol. The number of benzene rings is 1. The van der Waals surface area contributed by atoms with Gasteiger partial charge in [0.25, 0.3) is 0 Å². The third-order valence-electron chi connectivity index (χ3n) is 3.35. The summed E-state index contributed by atoms with van der Waals surface area (Å²) in [5.41, 5.74) is 1.60. The highest BCUT2D eigenvalue weighted by atomic mass is 19.4. The van der Waals surface area contributed by atoms with Crippen LogP contribution in [-0.4, -0.2) is 10.2 Å². The highest BCUT2D eigenvalue weighted by Crippen LogP contribution is 2.31. The van der Waals surface area contributed by atoms with Crippen LogP contribution in [0.2, 0.25) is 0 Å². The number of alkyl halides is 3. The minimum Gasteiger partial charge on any atom is -0.413 e. The Morgan fingerprint density at radius 1 is 1.00 bits per heavy atom. The number of rotatable bonds is 3. The van der Waals surface area contributed by atoms with E-state index in [1.54, 1.807) is 12.1 Å². The lowest BCUT2D eigenvalue weighted by atomic mass is 9.90. The standard InChI is InChI=1S/C14H15F3N2O/c1-8(2)9(3)10-4-6-11(7-5-10)12-18-19-13(20-12)14(15,16)17/h4-9H,1-3H3/t9-/m0/s1. The fourth-order valence-electron chi connectivity index (χ4n) is 1.77. The van der Waals surface area contributed by atoms with Crippen molar-refractivity contribution in [2.24, 2.45) is 5.92 Å². The van der Waals surface area contributed by atoms with Crippen molar-refractivity contribution < 1.29 is 17.6 Å². The van der Waals surface area contributed by atoms with Gasteiger partial charge in [-0.2, -0.15) is 13.2 Å². The predicted octanol–water partition coefficient (Wildman–Crippen LogP) is 4.51. The maximum absolute atomic E-state index is 12.4. The van der Waals surface area contributed by atoms with E-state index in [2.05, 4.69) is 35.4 Å². The lowest BCUT2D eigenvalue weighted by Gasteiger charge is -2.15. The molecule has 0 saturated carbocycles. The number of halogens is 3. The SMILES string of the molecule is CC(C)[C@H](C)c1ccc(-c2nnc(C(F)(F)F)o2)cc1. The number of aromatic nitrogens is 2. The van der Waals surface area contributed by atoms with Gasteiger partial charge in [0.2, 0.25) is 5.89 Å². The van der Waals surface area contributed by atoms with Crippen molar-refractivity contribution in [3.8, 4) is 11.5 Å². The van der Waals surface area contributed by atoms with Gasteiger partial charge in [-0.05, 0) is 29.5 Å². The van der Waals surface area contributed by atoms with Crippen LogP contribution in [0.3, 0.4) is 0 Å². The molecule has 20 heavy (non-hydrogen) atoms. The smallest absolute Gasteiger partial charge is 0.413 e. The molecule has 1 aromatic carbocycles. The van der Waals surface area contributed by atoms with Crippen LogP contribution in [0, 0.1) is 5.92 Å². The van der Waals surface area contributed by atoms with Gasteiger partial charge in [0.1, 0.15) is 0 Å². The summed E-state index contributed by atoms with van der Waals surface area (Å²) in [6.07, 6.45) is -4.61. The van der Waals surface area contributed by atoms with Gasteiger partial charge in [-0.3, -0.25) is 0 Å². The lowest BCUT2D eigenvalue weighted by molar-refractivity contribution is -0.156. The Labute approximate surface area is 114 Å². The molecule has 6 heteroatoms. The van der Waals surface area contributed by atoms with E-state index in [9.17, 15) is 13.2 Å². The van der Waals surface area contributed by atoms with Crippen LogP contribution in [0.5, 0.6) is 0 Å². The van der Waals surface area contributed by atoms with Crippen molar-refractivity contribution in [3.63, 3.8) is 0 Å². The summed E-state index contributed by atoms with van der Waals surface area (Å²) in [4.78, 5) is 0. The highest BCUT2D eigenvalue weighted by molar-refractivity contribution is 5.53. The monoisotopic (exact) mass is 284 g/mol. The largest absolute Gasteiger partial charge is 0.470 e. The third-order valence-corrected chi connectivity index (χ3v) is 3.35. The van der Waals surface area contributed by atoms with Crippen LogP contribution < -0.4 is 0 Å². The normalized spacial score (nSPS) is 13.8. The first-order chi connectivity index (χ1) is 9.29. The summed E-state index contributed by atoms with van der Waals surface area (Å²) in [6.45, 7) is 6.34. The Hall–Kier alpha value is -1.85. The minimum atomic E-state index is -4.61. The lowest BCUT2D eigenvalue weighted by Crippen LogP contribution is -2.04. The Bertz CT molecular complexity index is 573. The molecular formula is C14H15F3N2O. The second-order valence-electron chi connectivity index (χ2n) is 5.06. The molecule has 108 valence electrons. The van der Waals surface area contributed by atoms with Gasteiger partial charge < -0.3 is 4.42 Å². The van der Waals surface area contributed by atoms with Crippen LogP contribution >= 0.6 is 0 Å². The Morgan fingerprint density at radius 3 is 2.05 bits per heavy atom. The first-order valence-electron chi connectivity index (χ1n) is 6.30. The van der Waals surface area contributed by atoms with Crippen LogP contribution in [0.15, 0.2) is 28.7 Å². The number of hydrogen-bond acceptors (Lipinski definition) is 3. The Kier molecular flexibility index (Phi) is 3.83. The Morgan fingerprint density at radius 2 is 1.60 bits per heavy atom. The van der Waals surface area contributed by atoms with Crippen molar-refractivity contribution in [1.82, 2.24) is 10.2 Å². The fourth-order valence-corrected chi connectivity index (χ4v) is 1.77. The van der Waals surface area contributed by atoms with Gasteiger partial charge in [0, 0.05) is 5.56 Å². The zero-order valence-electron chi connectivity index (χ0n) is 11.4. The van der Waals surface area contributed by atoms with Crippen molar-refractivity contribution in [3.05, 3.63) is 35.7 Å². The molecule has 0 spiro atoms. The molecule has 0 saturated heterocycles. The van der Waals surface area contributed by atoms with Gasteiger partial charge in [-0.15, -0.1) is 10.2 Å². The molecule has 0 aliphatic heterocycles. The molecule has 0 aliphatic rings. The zero-order valence-corrected chi connectivity index (χ0v) is 11.4. The molecule has 2 rings (SSSR count). The van der Waals surface area contributed by atoms with Gasteiger partial charge >= 0.3 is 12.1 Å². The summed E-state index contributed by atoms with van der Waals surface area (Å²) >= 11 is 0. The van der Waals surface area contributed by atoms with E-state index in [4.69, 9.17) is 0 Å². The van der Waals surface area contributed by atoms with Crippen LogP contribution in [-0.2, 0) is 6.18 Å². The fraction of sp³-hybridized carbons (Fsp3) is 0.429. The van der Waals surface area contributed by atoms with E-state index in [1.807, 2.05) is 12.1 Å². The molecule has 0 amide bonds. The van der Waals surface area contributed by atoms with Crippen molar-refractivity contribution in [2.75, 3.05) is 0 Å². The van der Waals surface area contributed by atoms with E-state index in [0.717, 1.165) is 5.56 Å². The average Bonchev–Trinajstić information content (AvgIpc) is 2.87. The van der Waals surface area contributed by atoms with Gasteiger partial charge in [0.15, 0.2) is 0 Å². The van der Waals surface area contributed by atoms with Crippen molar-refractivity contribution in [2.45, 2.75) is 32.9 Å². The molecule has 0 aliphatic carbocycles. The number of hydrogen-bond donors (Lipinski definition) is 0. The first-order valence-corrected chi connectivity index (χ1v) is 6.30. The Balaban J connectivity index is 2.24. The summed E-state index contributed by atoms with van der Waals surface area (Å²) in [5.74, 6) is -0.591. The second kappa shape index (κ2) is 5.26. The van der Waals surface area contributed by atoms with E-state index < -0.39 is 12.1 Å². The van der Waals surface area contributed by atoms with Gasteiger partial charge in [-0.25, -0.2) is 0 Å². The first kappa shape index (κ1) is 14.6. The average molecular weight is 284 g/mol. The molecular weight excluding hydrogens is 269 g/mol. The highest BCUT2D eigenvalue weighted by Gasteiger charge is 2.38. The third kappa shape index (κ3) is 3.00. The molecule has 1 aromatic heterocycles. The summed E-state index contributed by atoms with van der Waals surface area (Å²) < 4.78 is 41.8. The number of nitrogens with zero attached hydrogens (tertiary/aromatic N) is 2. The van der Waals surface area contributed by atoms with Crippen molar-refractivity contribution in [1.29, 1.82) is 0 Å². The van der Waals surface area contributed by atoms with Crippen LogP contribution in [0.4, 0.5) is 13.2 Å². The zero-order chi connectivity index (χ0) is 14.9. The molecule has 3 nitrogen and oxygen atoms in total. The molecule has 0 radical (unpaired) electrons. The van der Waals surface area contributed by atoms with E-state index in [1.165, 1.54) is 0 Å². The molecule has 1 heterocycles. The van der Waals surface area contributed by atoms with E-state index >= 15 is 0 Å². The quantitative estimate of drug-likeness (QED) is 0.832. The summed E-state index contributed by atoms with van der Waals surface area (Å²) in [6, 6.07) is 7.14. The second-order valence-corrected chi connectivity index (χ2v) is 5.06. The van der Waals surface area contributed by atoms with Gasteiger partial charge in [-0.1, -0.05) is 32.9 Å². The van der Waals surface area contributed by atoms with E-state index in [-0.39, 0.29) is 5.89 Å². The summed E-state index contributed by atoms with van der Waals surface area (Å²) in [5, 5.41) is 6.43. The molecule has 0 N–H and O–H groups in total. The van der Waals surface area contributed by atoms with Crippen molar-refractivity contribution >= 4 is 0 Å². The maximum Gasteiger partial charge on any atom is 0.470 e. The molecule has 0 unspecified atom stereocenters. The minimum absolute atomic E-state index is 0.124. The molecule has 1 atom stereocenters. The maximum atomic E-state index is 12.4. The summed E-state index contributed by atoms with van der Waals surface area (Å²) in [7, 11) is 0. The molecule has 2 aromatic rings. The topological polar surface area (TPSA) is 38.9 Å². The van der Waals surface area contributed by atoms with E-state index in [0.29, 0.717) is 17.4 Å².